The first kappa shape index (κ1) is 10.5. The fourth-order valence-electron chi connectivity index (χ4n) is 2.13. The third-order valence-electron chi connectivity index (χ3n) is 3.13. The van der Waals surface area contributed by atoms with E-state index >= 15 is 0 Å². The molecule has 1 aliphatic carbocycles. The number of aromatic amines is 1. The first-order chi connectivity index (χ1) is 8.26. The van der Waals surface area contributed by atoms with E-state index in [0.29, 0.717) is 24.1 Å². The van der Waals surface area contributed by atoms with Crippen LogP contribution in [0.3, 0.4) is 0 Å². The normalized spacial score (nSPS) is 23.6. The van der Waals surface area contributed by atoms with Gasteiger partial charge in [0.05, 0.1) is 18.2 Å². The van der Waals surface area contributed by atoms with Gasteiger partial charge in [-0.25, -0.2) is 4.98 Å². The second kappa shape index (κ2) is 4.00. The molecule has 0 unspecified atom stereocenters. The Morgan fingerprint density at radius 2 is 2.24 bits per heavy atom. The van der Waals surface area contributed by atoms with Crippen molar-refractivity contribution >= 4 is 11.2 Å². The summed E-state index contributed by atoms with van der Waals surface area (Å²) in [5, 5.41) is 9.29. The molecule has 0 aromatic carbocycles. The molecule has 0 amide bonds. The number of nitrogens with zero attached hydrogens (tertiary/aromatic N) is 2. The first-order valence-corrected chi connectivity index (χ1v) is 5.93. The van der Waals surface area contributed by atoms with Crippen LogP contribution in [-0.4, -0.2) is 32.8 Å². The minimum absolute atomic E-state index is 0.167. The molecule has 1 aliphatic rings. The fourth-order valence-corrected chi connectivity index (χ4v) is 2.13. The van der Waals surface area contributed by atoms with E-state index in [0.717, 1.165) is 24.2 Å². The zero-order valence-corrected chi connectivity index (χ0v) is 9.68. The third kappa shape index (κ3) is 1.86. The van der Waals surface area contributed by atoms with Gasteiger partial charge in [0.25, 0.3) is 0 Å². The number of hydrogen-bond acceptors (Lipinski definition) is 4. The molecule has 2 aromatic heterocycles. The maximum atomic E-state index is 9.29. The number of aliphatic hydroxyl groups is 1. The van der Waals surface area contributed by atoms with E-state index in [1.165, 1.54) is 0 Å². The summed E-state index contributed by atoms with van der Waals surface area (Å²) in [5.74, 6) is 1.87. The highest BCUT2D eigenvalue weighted by molar-refractivity contribution is 5.71. The molecule has 2 heterocycles. The van der Waals surface area contributed by atoms with Crippen LogP contribution in [-0.2, 0) is 0 Å². The van der Waals surface area contributed by atoms with Crippen LogP contribution in [0.5, 0.6) is 5.88 Å². The van der Waals surface area contributed by atoms with Gasteiger partial charge in [-0.1, -0.05) is 0 Å². The molecule has 2 N–H and O–H groups in total. The van der Waals surface area contributed by atoms with Crippen LogP contribution in [0.1, 0.15) is 31.5 Å². The number of imidazole rings is 1. The van der Waals surface area contributed by atoms with Crippen molar-refractivity contribution < 1.29 is 9.84 Å². The van der Waals surface area contributed by atoms with E-state index in [1.54, 1.807) is 0 Å². The average molecular weight is 233 g/mol. The lowest BCUT2D eigenvalue weighted by atomic mass is 9.82. The number of nitrogens with one attached hydrogen (secondary N) is 1. The van der Waals surface area contributed by atoms with Crippen LogP contribution in [0, 0.1) is 0 Å². The van der Waals surface area contributed by atoms with Crippen LogP contribution in [0.15, 0.2) is 12.1 Å². The zero-order chi connectivity index (χ0) is 11.8. The number of hydrogen-bond donors (Lipinski definition) is 2. The van der Waals surface area contributed by atoms with Crippen LogP contribution in [0.4, 0.5) is 0 Å². The van der Waals surface area contributed by atoms with Gasteiger partial charge >= 0.3 is 0 Å². The smallest absolute Gasteiger partial charge is 0.215 e. The lowest BCUT2D eigenvalue weighted by molar-refractivity contribution is 0.0720. The highest BCUT2D eigenvalue weighted by Gasteiger charge is 2.31. The molecule has 0 aliphatic heterocycles. The predicted molar refractivity (Wildman–Crippen MR) is 63.0 cm³/mol. The zero-order valence-electron chi connectivity index (χ0n) is 9.68. The Labute approximate surface area is 98.9 Å². The maximum Gasteiger partial charge on any atom is 0.215 e. The molecule has 1 fully saturated rings. The van der Waals surface area contributed by atoms with E-state index in [9.17, 15) is 5.11 Å². The van der Waals surface area contributed by atoms with E-state index in [4.69, 9.17) is 4.74 Å². The van der Waals surface area contributed by atoms with Gasteiger partial charge < -0.3 is 14.8 Å². The lowest BCUT2D eigenvalue weighted by Crippen LogP contribution is -2.27. The quantitative estimate of drug-likeness (QED) is 0.844. The lowest BCUT2D eigenvalue weighted by Gasteiger charge is -2.29. The number of ether oxygens (including phenoxy) is 1. The molecular formula is C12H15N3O2. The molecule has 90 valence electrons. The number of rotatable bonds is 3. The Hall–Kier alpha value is -1.62. The molecule has 17 heavy (non-hydrogen) atoms. The van der Waals surface area contributed by atoms with Gasteiger partial charge in [0, 0.05) is 12.0 Å². The highest BCUT2D eigenvalue weighted by Crippen LogP contribution is 2.35. The largest absolute Gasteiger partial charge is 0.478 e. The molecule has 5 nitrogen and oxygen atoms in total. The summed E-state index contributed by atoms with van der Waals surface area (Å²) >= 11 is 0. The SMILES string of the molecule is CCOc1ccc2[nH]c(C3CC(O)C3)nc2n1. The molecule has 3 rings (SSSR count). The van der Waals surface area contributed by atoms with Gasteiger partial charge in [0.1, 0.15) is 5.82 Å². The highest BCUT2D eigenvalue weighted by atomic mass is 16.5. The van der Waals surface area contributed by atoms with Gasteiger partial charge in [-0.15, -0.1) is 0 Å². The van der Waals surface area contributed by atoms with Crippen molar-refractivity contribution in [2.75, 3.05) is 6.61 Å². The maximum absolute atomic E-state index is 9.29. The molecule has 1 saturated carbocycles. The Bertz CT molecular complexity index is 532. The predicted octanol–water partition coefficient (Wildman–Crippen LogP) is 1.59. The van der Waals surface area contributed by atoms with Crippen molar-refractivity contribution in [1.82, 2.24) is 15.0 Å². The van der Waals surface area contributed by atoms with Crippen LogP contribution < -0.4 is 4.74 Å². The van der Waals surface area contributed by atoms with E-state index in [1.807, 2.05) is 19.1 Å². The average Bonchev–Trinajstić information content (AvgIpc) is 2.67. The summed E-state index contributed by atoms with van der Waals surface area (Å²) in [6.45, 7) is 2.53. The summed E-state index contributed by atoms with van der Waals surface area (Å²) in [5.41, 5.74) is 1.61. The standard InChI is InChI=1S/C12H15N3O2/c1-2-17-10-4-3-9-12(14-10)15-11(13-9)7-5-8(16)6-7/h3-4,7-8,16H,2,5-6H2,1H3,(H,13,14,15). The van der Waals surface area contributed by atoms with Crippen molar-refractivity contribution in [2.24, 2.45) is 0 Å². The first-order valence-electron chi connectivity index (χ1n) is 5.93. The Morgan fingerprint density at radius 3 is 2.94 bits per heavy atom. The van der Waals surface area contributed by atoms with Crippen LogP contribution >= 0.6 is 0 Å². The summed E-state index contributed by atoms with van der Waals surface area (Å²) in [6.07, 6.45) is 1.41. The molecule has 2 aromatic rings. The van der Waals surface area contributed by atoms with E-state index in [2.05, 4.69) is 15.0 Å². The Kier molecular flexibility index (Phi) is 2.48. The summed E-state index contributed by atoms with van der Waals surface area (Å²) in [7, 11) is 0. The molecule has 0 bridgehead atoms. The fraction of sp³-hybridized carbons (Fsp3) is 0.500. The number of aliphatic hydroxyl groups excluding tert-OH is 1. The van der Waals surface area contributed by atoms with Gasteiger partial charge in [-0.3, -0.25) is 0 Å². The van der Waals surface area contributed by atoms with E-state index in [-0.39, 0.29) is 6.10 Å². The molecule has 5 heteroatoms. The minimum Gasteiger partial charge on any atom is -0.478 e. The monoisotopic (exact) mass is 233 g/mol. The molecule has 0 atom stereocenters. The van der Waals surface area contributed by atoms with Crippen molar-refractivity contribution in [2.45, 2.75) is 31.8 Å². The van der Waals surface area contributed by atoms with Gasteiger partial charge in [-0.05, 0) is 25.8 Å². The topological polar surface area (TPSA) is 71.0 Å². The number of pyridine rings is 1. The summed E-state index contributed by atoms with van der Waals surface area (Å²) in [6, 6.07) is 3.77. The van der Waals surface area contributed by atoms with Crippen LogP contribution in [0.2, 0.25) is 0 Å². The Balaban J connectivity index is 1.90. The van der Waals surface area contributed by atoms with Crippen molar-refractivity contribution in [3.63, 3.8) is 0 Å². The van der Waals surface area contributed by atoms with Gasteiger partial charge in [0.15, 0.2) is 5.65 Å². The van der Waals surface area contributed by atoms with Crippen LogP contribution in [0.25, 0.3) is 11.2 Å². The van der Waals surface area contributed by atoms with Crippen molar-refractivity contribution in [3.8, 4) is 5.88 Å². The number of fused-ring (bicyclic) bond motifs is 1. The minimum atomic E-state index is -0.167. The number of aromatic nitrogens is 3. The molecular weight excluding hydrogens is 218 g/mol. The Morgan fingerprint density at radius 1 is 1.41 bits per heavy atom. The van der Waals surface area contributed by atoms with Crippen molar-refractivity contribution in [3.05, 3.63) is 18.0 Å². The molecule has 0 radical (unpaired) electrons. The number of H-pyrrole nitrogens is 1. The second-order valence-electron chi connectivity index (χ2n) is 4.40. The molecule has 0 saturated heterocycles. The third-order valence-corrected chi connectivity index (χ3v) is 3.13. The van der Waals surface area contributed by atoms with E-state index < -0.39 is 0 Å². The molecule has 0 spiro atoms. The van der Waals surface area contributed by atoms with Gasteiger partial charge in [0.2, 0.25) is 5.88 Å². The summed E-state index contributed by atoms with van der Waals surface area (Å²) in [4.78, 5) is 12.0. The van der Waals surface area contributed by atoms with Gasteiger partial charge in [-0.2, -0.15) is 4.98 Å². The van der Waals surface area contributed by atoms with Crippen molar-refractivity contribution in [1.29, 1.82) is 0 Å². The second-order valence-corrected chi connectivity index (χ2v) is 4.40. The summed E-state index contributed by atoms with van der Waals surface area (Å²) < 4.78 is 5.34.